The van der Waals surface area contributed by atoms with Gasteiger partial charge < -0.3 is 62.2 Å². The van der Waals surface area contributed by atoms with Crippen molar-refractivity contribution in [1.82, 2.24) is 0 Å². The zero-order valence-corrected chi connectivity index (χ0v) is 74.2. The van der Waals surface area contributed by atoms with Crippen LogP contribution in [0.2, 0.25) is 0 Å². The molecule has 0 saturated carbocycles. The molecule has 4 aromatic carbocycles. The zero-order chi connectivity index (χ0) is 90.6. The van der Waals surface area contributed by atoms with Gasteiger partial charge in [-0.3, -0.25) is 19.2 Å². The SMILES string of the molecule is CC1CC(C)(C)N(CCCC(=O)O)c2cc3oc(=O)c(-c4cc[n+](CCCS(=O)(=O)[O-])cc4)cc3cc21.CCN(CC)c1ccc2cc(-c3cc[n+](CCCCCC(=O)O)cc3)c(=O)oc2c1.CCN1CCCc2cc3cc(-c4cc[n+](CCCCCC(=O)O)cc4)c(=O)oc3cc21.CC[n+]1ccc(-c2cc3cc4c(cc3oc2=O)N(CCCC(=O)O)CCC4)cc1. The maximum atomic E-state index is 12.9. The Hall–Kier alpha value is -12.7. The van der Waals surface area contributed by atoms with E-state index in [0.29, 0.717) is 95.5 Å². The van der Waals surface area contributed by atoms with Gasteiger partial charge in [0.2, 0.25) is 0 Å². The molecule has 15 rings (SSSR count). The Morgan fingerprint density at radius 2 is 0.827 bits per heavy atom. The van der Waals surface area contributed by atoms with Gasteiger partial charge >= 0.3 is 46.4 Å². The number of hydrogen-bond acceptors (Lipinski definition) is 19. The summed E-state index contributed by atoms with van der Waals surface area (Å²) in [5.41, 5.74) is 13.8. The van der Waals surface area contributed by atoms with Gasteiger partial charge in [0.25, 0.3) is 0 Å². The van der Waals surface area contributed by atoms with Gasteiger partial charge in [-0.25, -0.2) is 45.9 Å². The molecule has 8 aromatic heterocycles. The highest BCUT2D eigenvalue weighted by molar-refractivity contribution is 7.85. The molecule has 0 bridgehead atoms. The number of pyridine rings is 4. The van der Waals surface area contributed by atoms with Crippen LogP contribution in [0.25, 0.3) is 88.4 Å². The monoisotopic (exact) mass is 1750 g/mol. The van der Waals surface area contributed by atoms with Gasteiger partial charge in [0.05, 0.1) is 32.4 Å². The molecule has 0 radical (unpaired) electrons. The first-order chi connectivity index (χ1) is 60.9. The van der Waals surface area contributed by atoms with Gasteiger partial charge in [0.15, 0.2) is 49.6 Å². The number of aromatic nitrogens is 4. The number of aliphatic carboxylic acids is 4. The Morgan fingerprint density at radius 3 is 1.24 bits per heavy atom. The van der Waals surface area contributed by atoms with E-state index in [1.54, 1.807) is 29.1 Å². The molecule has 0 amide bonds. The maximum Gasteiger partial charge on any atom is 0.344 e. The molecule has 12 aromatic rings. The smallest absolute Gasteiger partial charge is 0.344 e. The van der Waals surface area contributed by atoms with Crippen LogP contribution in [0, 0.1) is 0 Å². The largest absolute Gasteiger partial charge is 0.748 e. The van der Waals surface area contributed by atoms with Crippen LogP contribution in [-0.4, -0.2) is 114 Å². The van der Waals surface area contributed by atoms with Crippen LogP contribution in [0.5, 0.6) is 0 Å². The fourth-order valence-electron chi connectivity index (χ4n) is 17.3. The van der Waals surface area contributed by atoms with Gasteiger partial charge in [0, 0.05) is 241 Å². The minimum absolute atomic E-state index is 0.0955. The third kappa shape index (κ3) is 24.7. The van der Waals surface area contributed by atoms with Crippen molar-refractivity contribution in [2.24, 2.45) is 0 Å². The number of fused-ring (bicyclic) bond motifs is 7. The van der Waals surface area contributed by atoms with Crippen LogP contribution in [-0.2, 0) is 68.3 Å². The lowest BCUT2D eigenvalue weighted by Crippen LogP contribution is -2.48. The van der Waals surface area contributed by atoms with E-state index < -0.39 is 45.4 Å². The number of anilines is 4. The number of carboxylic acid groups (broad SMARTS) is 4. The van der Waals surface area contributed by atoms with Crippen molar-refractivity contribution in [3.63, 3.8) is 0 Å². The van der Waals surface area contributed by atoms with Gasteiger partial charge in [0.1, 0.15) is 48.5 Å². The lowest BCUT2D eigenvalue weighted by atomic mass is 9.79. The van der Waals surface area contributed by atoms with E-state index in [1.165, 1.54) is 16.8 Å². The number of aryl methyl sites for hydroxylation is 6. The highest BCUT2D eigenvalue weighted by Gasteiger charge is 2.37. The Morgan fingerprint density at radius 1 is 0.449 bits per heavy atom. The van der Waals surface area contributed by atoms with Crippen LogP contribution in [0.15, 0.2) is 214 Å². The summed E-state index contributed by atoms with van der Waals surface area (Å²) in [6.45, 7) is 23.8. The predicted molar refractivity (Wildman–Crippen MR) is 488 cm³/mol. The Kier molecular flexibility index (Phi) is 31.6. The van der Waals surface area contributed by atoms with Crippen molar-refractivity contribution >= 4 is 101 Å². The maximum absolute atomic E-state index is 12.9. The van der Waals surface area contributed by atoms with Crippen LogP contribution < -0.4 is 60.4 Å². The van der Waals surface area contributed by atoms with E-state index in [1.807, 2.05) is 137 Å². The fourth-order valence-corrected chi connectivity index (χ4v) is 17.7. The normalized spacial score (nSPS) is 13.9. The zero-order valence-electron chi connectivity index (χ0n) is 73.4. The standard InChI is InChI=1S/C27H32N2O7S.C25H28N2O4.C24H28N2O4.C23H24N2O4/c1-18-17-27(2,3)29(10-4-6-25(30)31)23-16-24-20(14-21(18)23)15-22(26(32)36-24)19-7-11-28(12-8-19)9-5-13-37(33,34)35;1-2-27-12-6-7-19-15-20-16-21(25(30)31-23(20)17-22(19)27)18-9-13-26(14-10-18)11-5-3-4-8-24(28)29;1-3-26(4-2)20-10-9-19-16-21(24(29)30-22(19)17-20)18-11-14-25(15-12-18)13-7-5-6-8-23(27)28;1-2-24-11-7-16(8-12-24)19-14-18-13-17-5-3-9-25(10-4-6-22(26)27)20(17)15-21(18)29-23(19)28/h7-8,11-12,14-16,18H,4-6,9-10,13,17H2,1-3H3,(H-,30,31,33,34,35);9-10,13-17H,2-8,11-12H2,1H3;9-12,14-17H,3-8,13H2,1-2H3;7-8,11-15H,2-6,9-10H2,1H3/p+3. The highest BCUT2D eigenvalue weighted by Crippen LogP contribution is 2.46. The first-order valence-electron chi connectivity index (χ1n) is 44.2. The topological polar surface area (TPSA) is 356 Å². The molecule has 668 valence electrons. The van der Waals surface area contributed by atoms with Crippen molar-refractivity contribution in [3.8, 4) is 44.5 Å². The molecule has 28 heteroatoms. The number of benzene rings is 4. The summed E-state index contributed by atoms with van der Waals surface area (Å²) in [6.07, 6.45) is 27.3. The number of carboxylic acids is 4. The van der Waals surface area contributed by atoms with Gasteiger partial charge in [-0.05, 0) is 189 Å². The average molecular weight is 1750 g/mol. The third-order valence-electron chi connectivity index (χ3n) is 24.0. The summed E-state index contributed by atoms with van der Waals surface area (Å²) >= 11 is 0. The quantitative estimate of drug-likeness (QED) is 0.0128. The van der Waals surface area contributed by atoms with Crippen molar-refractivity contribution in [3.05, 3.63) is 235 Å². The molecule has 27 nitrogen and oxygen atoms in total. The molecule has 0 aliphatic carbocycles. The summed E-state index contributed by atoms with van der Waals surface area (Å²) in [5, 5.41) is 38.9. The van der Waals surface area contributed by atoms with E-state index in [0.717, 1.165) is 171 Å². The van der Waals surface area contributed by atoms with Crippen LogP contribution >= 0.6 is 0 Å². The first-order valence-corrected chi connectivity index (χ1v) is 45.8. The number of hydrogen-bond donors (Lipinski definition) is 4. The summed E-state index contributed by atoms with van der Waals surface area (Å²) in [7, 11) is -4.24. The van der Waals surface area contributed by atoms with Crippen LogP contribution in [0.3, 0.4) is 0 Å². The Balaban J connectivity index is 0.000000154. The molecule has 3 aliphatic heterocycles. The molecule has 3 aliphatic rings. The van der Waals surface area contributed by atoms with E-state index >= 15 is 0 Å². The molecule has 11 heterocycles. The molecule has 127 heavy (non-hydrogen) atoms. The van der Waals surface area contributed by atoms with Crippen molar-refractivity contribution in [2.75, 3.05) is 71.2 Å². The molecule has 1 unspecified atom stereocenters. The van der Waals surface area contributed by atoms with E-state index in [2.05, 4.69) is 96.9 Å². The van der Waals surface area contributed by atoms with Crippen molar-refractivity contribution in [1.29, 1.82) is 0 Å². The molecule has 0 saturated heterocycles. The highest BCUT2D eigenvalue weighted by atomic mass is 32.2. The lowest BCUT2D eigenvalue weighted by Gasteiger charge is -2.47. The third-order valence-corrected chi connectivity index (χ3v) is 24.7. The number of nitrogens with zero attached hydrogens (tertiary/aromatic N) is 8. The first kappa shape index (κ1) is 93.5. The second-order valence-electron chi connectivity index (χ2n) is 33.4. The van der Waals surface area contributed by atoms with E-state index in [9.17, 15) is 51.3 Å². The summed E-state index contributed by atoms with van der Waals surface area (Å²) < 4.78 is 63.1. The minimum atomic E-state index is -4.24. The molecule has 0 spiro atoms. The number of rotatable bonds is 33. The Bertz CT molecular complexity index is 6280. The Labute approximate surface area is 737 Å². The second kappa shape index (κ2) is 43.0. The summed E-state index contributed by atoms with van der Waals surface area (Å²) in [6, 6.07) is 40.8. The summed E-state index contributed by atoms with van der Waals surface area (Å²) in [5.74, 6) is -3.23. The van der Waals surface area contributed by atoms with Crippen LogP contribution in [0.4, 0.5) is 22.7 Å². The molecular weight excluding hydrogens is 1640 g/mol. The van der Waals surface area contributed by atoms with E-state index in [4.69, 9.17) is 38.1 Å². The van der Waals surface area contributed by atoms with Gasteiger partial charge in [-0.2, -0.15) is 0 Å². The molecule has 4 N–H and O–H groups in total. The lowest BCUT2D eigenvalue weighted by molar-refractivity contribution is -0.697. The summed E-state index contributed by atoms with van der Waals surface area (Å²) in [4.78, 5) is 103. The molecular formula is C99H115N8O19S+3. The van der Waals surface area contributed by atoms with Crippen LogP contribution in [0.1, 0.15) is 174 Å². The average Bonchev–Trinajstić information content (AvgIpc) is 0.756. The number of carbonyl (C=O) groups is 4. The van der Waals surface area contributed by atoms with E-state index in [-0.39, 0.29) is 60.4 Å². The number of unbranched alkanes of at least 4 members (excludes halogenated alkanes) is 4. The van der Waals surface area contributed by atoms with Gasteiger partial charge in [-0.15, -0.1) is 0 Å². The van der Waals surface area contributed by atoms with Gasteiger partial charge in [-0.1, -0.05) is 6.92 Å². The molecule has 1 atom stereocenters. The van der Waals surface area contributed by atoms with Crippen molar-refractivity contribution < 1.29 is 88.5 Å². The minimum Gasteiger partial charge on any atom is -0.748 e. The predicted octanol–water partition coefficient (Wildman–Crippen LogP) is 15.4. The molecule has 0 fully saturated rings. The fraction of sp³-hybridized carbons (Fsp3) is 0.394. The van der Waals surface area contributed by atoms with Crippen molar-refractivity contribution in [2.45, 2.75) is 202 Å². The second-order valence-corrected chi connectivity index (χ2v) is 34.9.